The van der Waals surface area contributed by atoms with Crippen LogP contribution in [0.25, 0.3) is 0 Å². The van der Waals surface area contributed by atoms with Gasteiger partial charge in [0.05, 0.1) is 12.6 Å². The van der Waals surface area contributed by atoms with E-state index in [1.165, 1.54) is 19.2 Å². The molecule has 1 heterocycles. The number of hydrogen-bond donors (Lipinski definition) is 0. The zero-order valence-corrected chi connectivity index (χ0v) is 16.1. The first-order valence-electron chi connectivity index (χ1n) is 8.59. The molecule has 1 amide bonds. The number of halogens is 3. The van der Waals surface area contributed by atoms with Gasteiger partial charge in [-0.25, -0.2) is 4.18 Å². The lowest BCUT2D eigenvalue weighted by Crippen LogP contribution is -2.43. The summed E-state index contributed by atoms with van der Waals surface area (Å²) in [6.45, 7) is -0.0578. The molecule has 2 aromatic carbocycles. The zero-order chi connectivity index (χ0) is 21.2. The molecule has 0 unspecified atom stereocenters. The highest BCUT2D eigenvalue weighted by atomic mass is 32.2. The Kier molecular flexibility index (Phi) is 5.97. The van der Waals surface area contributed by atoms with Gasteiger partial charge in [-0.15, -0.1) is 0 Å². The van der Waals surface area contributed by atoms with E-state index in [0.29, 0.717) is 11.1 Å². The van der Waals surface area contributed by atoms with Gasteiger partial charge in [-0.3, -0.25) is 4.79 Å². The van der Waals surface area contributed by atoms with Gasteiger partial charge >= 0.3 is 15.6 Å². The average molecular weight is 429 g/mol. The highest BCUT2D eigenvalue weighted by Crippen LogP contribution is 2.36. The molecular weight excluding hydrogens is 411 g/mol. The molecule has 3 atom stereocenters. The van der Waals surface area contributed by atoms with Crippen molar-refractivity contribution in [2.75, 3.05) is 13.7 Å². The van der Waals surface area contributed by atoms with Crippen molar-refractivity contribution in [1.29, 1.82) is 0 Å². The van der Waals surface area contributed by atoms with Crippen LogP contribution in [0.15, 0.2) is 60.7 Å². The molecule has 0 radical (unpaired) electrons. The van der Waals surface area contributed by atoms with E-state index in [9.17, 15) is 26.4 Å². The van der Waals surface area contributed by atoms with Crippen LogP contribution in [0.2, 0.25) is 0 Å². The van der Waals surface area contributed by atoms with Crippen LogP contribution in [0.1, 0.15) is 23.3 Å². The Balaban J connectivity index is 2.03. The Bertz CT molecular complexity index is 951. The Hall–Kier alpha value is -2.43. The van der Waals surface area contributed by atoms with Gasteiger partial charge in [-0.2, -0.15) is 21.6 Å². The predicted molar refractivity (Wildman–Crippen MR) is 96.9 cm³/mol. The molecule has 0 aromatic heterocycles. The molecule has 0 spiro atoms. The minimum atomic E-state index is -6.02. The maximum atomic E-state index is 13.0. The Morgan fingerprint density at radius 2 is 1.52 bits per heavy atom. The lowest BCUT2D eigenvalue weighted by molar-refractivity contribution is -0.142. The summed E-state index contributed by atoms with van der Waals surface area (Å²) in [5, 5.41) is 0. The highest BCUT2D eigenvalue weighted by Gasteiger charge is 2.52. The van der Waals surface area contributed by atoms with Crippen molar-refractivity contribution in [3.05, 3.63) is 71.8 Å². The third-order valence-corrected chi connectivity index (χ3v) is 5.62. The quantitative estimate of drug-likeness (QED) is 0.551. The van der Waals surface area contributed by atoms with Crippen LogP contribution in [0, 0.1) is 0 Å². The summed E-state index contributed by atoms with van der Waals surface area (Å²) in [5.74, 6) is -0.932. The summed E-state index contributed by atoms with van der Waals surface area (Å²) in [4.78, 5) is 14.2. The average Bonchev–Trinajstić information content (AvgIpc) is 2.80. The van der Waals surface area contributed by atoms with Crippen LogP contribution in [0.4, 0.5) is 13.2 Å². The standard InChI is InChI=1S/C19H18F3NO5S/c1-23-15(13-8-4-2-5-9-13)12-27-16(14-10-6-3-7-11-14)17(18(23)24)28-29(25,26)19(20,21)22/h2-11,15-17H,12H2,1H3/t15-,16+,17-/m0/s1. The number of hydrogen-bond acceptors (Lipinski definition) is 5. The Morgan fingerprint density at radius 1 is 1.00 bits per heavy atom. The van der Waals surface area contributed by atoms with Crippen molar-refractivity contribution in [3.8, 4) is 0 Å². The van der Waals surface area contributed by atoms with Gasteiger partial charge < -0.3 is 9.64 Å². The predicted octanol–water partition coefficient (Wildman–Crippen LogP) is 3.19. The maximum Gasteiger partial charge on any atom is 0.523 e. The van der Waals surface area contributed by atoms with Crippen molar-refractivity contribution >= 4 is 16.0 Å². The minimum Gasteiger partial charge on any atom is -0.368 e. The minimum absolute atomic E-state index is 0.0578. The summed E-state index contributed by atoms with van der Waals surface area (Å²) >= 11 is 0. The van der Waals surface area contributed by atoms with E-state index in [1.54, 1.807) is 48.5 Å². The Morgan fingerprint density at radius 3 is 2.03 bits per heavy atom. The van der Waals surface area contributed by atoms with Crippen LogP contribution in [0.3, 0.4) is 0 Å². The molecule has 1 aliphatic rings. The number of ether oxygens (including phenoxy) is 1. The van der Waals surface area contributed by atoms with Crippen LogP contribution in [-0.4, -0.2) is 44.5 Å². The highest BCUT2D eigenvalue weighted by molar-refractivity contribution is 7.87. The maximum absolute atomic E-state index is 13.0. The van der Waals surface area contributed by atoms with Crippen LogP contribution < -0.4 is 0 Å². The second kappa shape index (κ2) is 8.13. The number of carbonyl (C=O) groups excluding carboxylic acids is 1. The molecule has 2 aromatic rings. The number of rotatable bonds is 4. The number of nitrogens with zero attached hydrogens (tertiary/aromatic N) is 1. The zero-order valence-electron chi connectivity index (χ0n) is 15.2. The van der Waals surface area contributed by atoms with Gasteiger partial charge in [-0.1, -0.05) is 60.7 Å². The fourth-order valence-electron chi connectivity index (χ4n) is 3.07. The van der Waals surface area contributed by atoms with Gasteiger partial charge in [0, 0.05) is 7.05 Å². The molecule has 1 saturated heterocycles. The number of likely N-dealkylation sites (N-methyl/N-ethyl adjacent to an activating group) is 1. The summed E-state index contributed by atoms with van der Waals surface area (Å²) in [5.41, 5.74) is -4.65. The van der Waals surface area contributed by atoms with Crippen LogP contribution >= 0.6 is 0 Å². The number of alkyl halides is 3. The molecule has 156 valence electrons. The molecule has 0 aliphatic carbocycles. The second-order valence-corrected chi connectivity index (χ2v) is 8.02. The molecule has 1 aliphatic heterocycles. The summed E-state index contributed by atoms with van der Waals surface area (Å²) in [6, 6.07) is 16.0. The van der Waals surface area contributed by atoms with E-state index in [2.05, 4.69) is 4.18 Å². The fourth-order valence-corrected chi connectivity index (χ4v) is 3.63. The monoisotopic (exact) mass is 429 g/mol. The van der Waals surface area contributed by atoms with Crippen molar-refractivity contribution in [2.45, 2.75) is 23.8 Å². The molecule has 0 bridgehead atoms. The molecule has 6 nitrogen and oxygen atoms in total. The topological polar surface area (TPSA) is 72.9 Å². The number of amides is 1. The third-order valence-electron chi connectivity index (χ3n) is 4.59. The van der Waals surface area contributed by atoms with E-state index in [-0.39, 0.29) is 6.61 Å². The van der Waals surface area contributed by atoms with Crippen molar-refractivity contribution < 1.29 is 35.3 Å². The van der Waals surface area contributed by atoms with Gasteiger partial charge in [0.2, 0.25) is 0 Å². The van der Waals surface area contributed by atoms with Gasteiger partial charge in [0.1, 0.15) is 6.10 Å². The van der Waals surface area contributed by atoms with Crippen molar-refractivity contribution in [2.24, 2.45) is 0 Å². The first-order valence-corrected chi connectivity index (χ1v) is 10.0. The molecule has 10 heteroatoms. The second-order valence-electron chi connectivity index (χ2n) is 6.46. The van der Waals surface area contributed by atoms with Crippen molar-refractivity contribution in [3.63, 3.8) is 0 Å². The molecule has 1 fully saturated rings. The summed E-state index contributed by atoms with van der Waals surface area (Å²) < 4.78 is 72.1. The van der Waals surface area contributed by atoms with Gasteiger partial charge in [0.25, 0.3) is 5.91 Å². The molecule has 3 rings (SSSR count). The van der Waals surface area contributed by atoms with Crippen LogP contribution in [-0.2, 0) is 23.8 Å². The summed E-state index contributed by atoms with van der Waals surface area (Å²) in [6.07, 6.45) is -3.36. The van der Waals surface area contributed by atoms with Gasteiger partial charge in [-0.05, 0) is 11.1 Å². The van der Waals surface area contributed by atoms with Crippen LogP contribution in [0.5, 0.6) is 0 Å². The molecular formula is C19H18F3NO5S. The van der Waals surface area contributed by atoms with E-state index >= 15 is 0 Å². The number of benzene rings is 2. The third kappa shape index (κ3) is 4.44. The van der Waals surface area contributed by atoms with Crippen molar-refractivity contribution in [1.82, 2.24) is 4.90 Å². The van der Waals surface area contributed by atoms with E-state index in [4.69, 9.17) is 4.74 Å². The van der Waals surface area contributed by atoms with E-state index < -0.39 is 39.8 Å². The SMILES string of the molecule is CN1C(=O)[C@@H](OS(=O)(=O)C(F)(F)F)[C@@H](c2ccccc2)OC[C@H]1c1ccccc1. The van der Waals surface area contributed by atoms with E-state index in [0.717, 1.165) is 4.90 Å². The number of carbonyl (C=O) groups is 1. The normalized spacial score (nSPS) is 23.7. The Labute approximate surface area is 166 Å². The largest absolute Gasteiger partial charge is 0.523 e. The smallest absolute Gasteiger partial charge is 0.368 e. The lowest BCUT2D eigenvalue weighted by atomic mass is 10.0. The fraction of sp³-hybridized carbons (Fsp3) is 0.316. The summed E-state index contributed by atoms with van der Waals surface area (Å²) in [7, 11) is -4.65. The molecule has 0 N–H and O–H groups in total. The first-order chi connectivity index (χ1) is 13.6. The molecule has 0 saturated carbocycles. The van der Waals surface area contributed by atoms with E-state index in [1.807, 2.05) is 0 Å². The van der Waals surface area contributed by atoms with Gasteiger partial charge in [0.15, 0.2) is 6.10 Å². The molecule has 29 heavy (non-hydrogen) atoms. The lowest BCUT2D eigenvalue weighted by Gasteiger charge is -2.27. The first kappa shape index (κ1) is 21.3.